The number of carbonyl (C=O) groups excluding carboxylic acids is 2. The number of nitrogens with zero attached hydrogens (tertiary/aromatic N) is 1. The molecule has 2 aromatic carbocycles. The molecule has 1 aliphatic heterocycles. The van der Waals surface area contributed by atoms with Gasteiger partial charge in [0.2, 0.25) is 0 Å². The van der Waals surface area contributed by atoms with Gasteiger partial charge in [0, 0.05) is 5.56 Å². The van der Waals surface area contributed by atoms with Crippen LogP contribution in [0.1, 0.15) is 33.4 Å². The number of aliphatic carboxylic acids is 1. The van der Waals surface area contributed by atoms with Crippen molar-refractivity contribution in [1.29, 1.82) is 0 Å². The molecule has 2 aromatic rings. The predicted octanol–water partition coefficient (Wildman–Crippen LogP) is 2.22. The average molecular weight is 339 g/mol. The number of carboxylic acids is 1. The van der Waals surface area contributed by atoms with E-state index in [-0.39, 0.29) is 12.5 Å². The third kappa shape index (κ3) is 2.98. The van der Waals surface area contributed by atoms with Gasteiger partial charge in [-0.15, -0.1) is 0 Å². The normalized spacial score (nSPS) is 19.2. The Kier molecular flexibility index (Phi) is 4.52. The first-order valence-corrected chi connectivity index (χ1v) is 7.79. The van der Waals surface area contributed by atoms with Crippen molar-refractivity contribution in [3.63, 3.8) is 0 Å². The highest BCUT2D eigenvalue weighted by Gasteiger charge is 2.44. The van der Waals surface area contributed by atoms with Crippen LogP contribution in [0.4, 0.5) is 0 Å². The molecule has 1 heterocycles. The van der Waals surface area contributed by atoms with Crippen LogP contribution in [0.15, 0.2) is 54.6 Å². The van der Waals surface area contributed by atoms with Gasteiger partial charge in [-0.25, -0.2) is 0 Å². The fourth-order valence-corrected chi connectivity index (χ4v) is 3.26. The summed E-state index contributed by atoms with van der Waals surface area (Å²) >= 11 is 0. The third-order valence-corrected chi connectivity index (χ3v) is 4.37. The zero-order chi connectivity index (χ0) is 18.0. The van der Waals surface area contributed by atoms with Crippen molar-refractivity contribution in [2.75, 3.05) is 13.7 Å². The molecule has 0 radical (unpaired) electrons. The number of ether oxygens (including phenoxy) is 1. The number of benzene rings is 2. The van der Waals surface area contributed by atoms with E-state index >= 15 is 0 Å². The molecule has 0 spiro atoms. The quantitative estimate of drug-likeness (QED) is 0.864. The second-order valence-corrected chi connectivity index (χ2v) is 5.77. The van der Waals surface area contributed by atoms with E-state index in [9.17, 15) is 19.5 Å². The average Bonchev–Trinajstić information content (AvgIpc) is 2.64. The number of rotatable bonds is 4. The van der Waals surface area contributed by atoms with Gasteiger partial charge in [0.15, 0.2) is 0 Å². The van der Waals surface area contributed by atoms with Crippen LogP contribution in [-0.2, 0) is 14.3 Å². The van der Waals surface area contributed by atoms with Crippen LogP contribution in [0.25, 0.3) is 0 Å². The number of esters is 1. The minimum atomic E-state index is -1.05. The van der Waals surface area contributed by atoms with E-state index in [0.29, 0.717) is 16.7 Å². The standard InChI is InChI=1S/C19H17NO5/c1-25-15(21)11-20-17(12-7-3-2-4-8-12)16(19(23)24)13-9-5-6-10-14(13)18(20)22/h2-10,16-17H,11H2,1H3,(H,23,24)/t16-,17-/m1/s1. The number of amides is 1. The van der Waals surface area contributed by atoms with Gasteiger partial charge in [0.25, 0.3) is 5.91 Å². The van der Waals surface area contributed by atoms with Crippen molar-refractivity contribution in [3.05, 3.63) is 71.3 Å². The van der Waals surface area contributed by atoms with Crippen molar-refractivity contribution in [1.82, 2.24) is 4.90 Å². The Morgan fingerprint density at radius 2 is 1.72 bits per heavy atom. The molecule has 0 bridgehead atoms. The van der Waals surface area contributed by atoms with Gasteiger partial charge in [-0.1, -0.05) is 48.5 Å². The van der Waals surface area contributed by atoms with Crippen molar-refractivity contribution in [3.8, 4) is 0 Å². The van der Waals surface area contributed by atoms with Crippen LogP contribution in [0.5, 0.6) is 0 Å². The smallest absolute Gasteiger partial charge is 0.325 e. The first-order chi connectivity index (χ1) is 12.0. The highest BCUT2D eigenvalue weighted by atomic mass is 16.5. The van der Waals surface area contributed by atoms with Gasteiger partial charge in [0.05, 0.1) is 13.2 Å². The second-order valence-electron chi connectivity index (χ2n) is 5.77. The van der Waals surface area contributed by atoms with Gasteiger partial charge in [-0.2, -0.15) is 0 Å². The van der Waals surface area contributed by atoms with Crippen LogP contribution < -0.4 is 0 Å². The van der Waals surface area contributed by atoms with E-state index in [0.717, 1.165) is 0 Å². The summed E-state index contributed by atoms with van der Waals surface area (Å²) in [6.07, 6.45) is 0. The summed E-state index contributed by atoms with van der Waals surface area (Å²) in [6.45, 7) is -0.312. The monoisotopic (exact) mass is 339 g/mol. The molecule has 1 aliphatic rings. The number of hydrogen-bond acceptors (Lipinski definition) is 4. The summed E-state index contributed by atoms with van der Waals surface area (Å²) in [7, 11) is 1.23. The SMILES string of the molecule is COC(=O)CN1C(=O)c2ccccc2[C@@H](C(=O)O)[C@H]1c1ccccc1. The van der Waals surface area contributed by atoms with Gasteiger partial charge >= 0.3 is 11.9 Å². The molecule has 2 atom stereocenters. The van der Waals surface area contributed by atoms with E-state index in [2.05, 4.69) is 4.74 Å². The van der Waals surface area contributed by atoms with E-state index in [4.69, 9.17) is 0 Å². The molecule has 0 aromatic heterocycles. The maximum atomic E-state index is 12.9. The number of hydrogen-bond donors (Lipinski definition) is 1. The molecule has 0 fully saturated rings. The van der Waals surface area contributed by atoms with Crippen molar-refractivity contribution in [2.45, 2.75) is 12.0 Å². The van der Waals surface area contributed by atoms with Gasteiger partial charge in [0.1, 0.15) is 12.5 Å². The Morgan fingerprint density at radius 1 is 1.08 bits per heavy atom. The lowest BCUT2D eigenvalue weighted by Gasteiger charge is -2.40. The summed E-state index contributed by atoms with van der Waals surface area (Å²) in [5, 5.41) is 9.86. The highest BCUT2D eigenvalue weighted by Crippen LogP contribution is 2.42. The lowest BCUT2D eigenvalue weighted by atomic mass is 9.80. The first kappa shape index (κ1) is 16.7. The molecule has 0 saturated carbocycles. The predicted molar refractivity (Wildman–Crippen MR) is 89.1 cm³/mol. The van der Waals surface area contributed by atoms with E-state index < -0.39 is 23.9 Å². The number of methoxy groups -OCH3 is 1. The molecular weight excluding hydrogens is 322 g/mol. The molecule has 128 valence electrons. The molecule has 6 nitrogen and oxygen atoms in total. The first-order valence-electron chi connectivity index (χ1n) is 7.79. The molecule has 25 heavy (non-hydrogen) atoms. The zero-order valence-corrected chi connectivity index (χ0v) is 13.6. The summed E-state index contributed by atoms with van der Waals surface area (Å²) < 4.78 is 4.69. The molecule has 1 N–H and O–H groups in total. The molecule has 6 heteroatoms. The Labute approximate surface area is 144 Å². The van der Waals surface area contributed by atoms with Crippen LogP contribution in [0, 0.1) is 0 Å². The summed E-state index contributed by atoms with van der Waals surface area (Å²) in [5.74, 6) is -3.00. The zero-order valence-electron chi connectivity index (χ0n) is 13.6. The van der Waals surface area contributed by atoms with Gasteiger partial charge in [-0.3, -0.25) is 14.4 Å². The number of carboxylic acid groups (broad SMARTS) is 1. The summed E-state index contributed by atoms with van der Waals surface area (Å²) in [6, 6.07) is 14.7. The molecule has 3 rings (SSSR count). The van der Waals surface area contributed by atoms with Crippen LogP contribution in [-0.4, -0.2) is 41.5 Å². The Morgan fingerprint density at radius 3 is 2.36 bits per heavy atom. The molecular formula is C19H17NO5. The lowest BCUT2D eigenvalue weighted by molar-refractivity contribution is -0.145. The summed E-state index contributed by atoms with van der Waals surface area (Å²) in [4.78, 5) is 38.1. The lowest BCUT2D eigenvalue weighted by Crippen LogP contribution is -2.47. The minimum absolute atomic E-state index is 0.297. The number of fused-ring (bicyclic) bond motifs is 1. The van der Waals surface area contributed by atoms with Crippen molar-refractivity contribution < 1.29 is 24.2 Å². The van der Waals surface area contributed by atoms with Crippen molar-refractivity contribution >= 4 is 17.8 Å². The topological polar surface area (TPSA) is 83.9 Å². The maximum Gasteiger partial charge on any atom is 0.325 e. The fourth-order valence-electron chi connectivity index (χ4n) is 3.26. The van der Waals surface area contributed by atoms with E-state index in [1.807, 2.05) is 6.07 Å². The fraction of sp³-hybridized carbons (Fsp3) is 0.211. The second kappa shape index (κ2) is 6.76. The molecule has 0 saturated heterocycles. The Bertz CT molecular complexity index is 818. The highest BCUT2D eigenvalue weighted by molar-refractivity contribution is 6.01. The largest absolute Gasteiger partial charge is 0.481 e. The van der Waals surface area contributed by atoms with Gasteiger partial charge in [-0.05, 0) is 17.2 Å². The van der Waals surface area contributed by atoms with E-state index in [1.54, 1.807) is 48.5 Å². The minimum Gasteiger partial charge on any atom is -0.481 e. The summed E-state index contributed by atoms with van der Waals surface area (Å²) in [5.41, 5.74) is 1.41. The van der Waals surface area contributed by atoms with Crippen LogP contribution in [0.2, 0.25) is 0 Å². The third-order valence-electron chi connectivity index (χ3n) is 4.37. The maximum absolute atomic E-state index is 12.9. The van der Waals surface area contributed by atoms with Crippen molar-refractivity contribution in [2.24, 2.45) is 0 Å². The number of carbonyl (C=O) groups is 3. The molecule has 1 amide bonds. The van der Waals surface area contributed by atoms with Crippen LogP contribution in [0.3, 0.4) is 0 Å². The Hall–Kier alpha value is -3.15. The Balaban J connectivity index is 2.19. The van der Waals surface area contributed by atoms with E-state index in [1.165, 1.54) is 12.0 Å². The molecule has 0 aliphatic carbocycles. The van der Waals surface area contributed by atoms with Crippen LogP contribution >= 0.6 is 0 Å². The van der Waals surface area contributed by atoms with Gasteiger partial charge < -0.3 is 14.7 Å². The molecule has 0 unspecified atom stereocenters.